The molecule has 0 aliphatic heterocycles. The van der Waals surface area contributed by atoms with Crippen molar-refractivity contribution < 1.29 is 17.9 Å². The predicted octanol–water partition coefficient (Wildman–Crippen LogP) is 0.719. The zero-order valence-electron chi connectivity index (χ0n) is 11.6. The van der Waals surface area contributed by atoms with Crippen LogP contribution in [-0.2, 0) is 10.0 Å². The molecule has 2 rings (SSSR count). The summed E-state index contributed by atoms with van der Waals surface area (Å²) in [6.07, 6.45) is 2.01. The molecule has 0 saturated heterocycles. The summed E-state index contributed by atoms with van der Waals surface area (Å²) in [5.41, 5.74) is 5.65. The second-order valence-electron chi connectivity index (χ2n) is 4.79. The third-order valence-electron chi connectivity index (χ3n) is 3.40. The molecule has 1 aromatic carbocycles. The SMILES string of the molecule is COc1cccc(OC)c1S(=O)(=O)NC(CN)C1CC1. The van der Waals surface area contributed by atoms with Gasteiger partial charge in [-0.05, 0) is 30.9 Å². The summed E-state index contributed by atoms with van der Waals surface area (Å²) in [7, 11) is -0.891. The Morgan fingerprint density at radius 3 is 2.25 bits per heavy atom. The van der Waals surface area contributed by atoms with E-state index >= 15 is 0 Å². The van der Waals surface area contributed by atoms with Gasteiger partial charge in [0.05, 0.1) is 14.2 Å². The fourth-order valence-electron chi connectivity index (χ4n) is 2.18. The third-order valence-corrected chi connectivity index (χ3v) is 4.96. The van der Waals surface area contributed by atoms with Gasteiger partial charge in [-0.15, -0.1) is 0 Å². The molecular weight excluding hydrogens is 280 g/mol. The van der Waals surface area contributed by atoms with Gasteiger partial charge in [0, 0.05) is 12.6 Å². The molecule has 1 unspecified atom stereocenters. The Morgan fingerprint density at radius 1 is 1.30 bits per heavy atom. The normalized spacial score (nSPS) is 16.8. The molecule has 0 radical (unpaired) electrons. The lowest BCUT2D eigenvalue weighted by Crippen LogP contribution is -2.41. The highest BCUT2D eigenvalue weighted by Crippen LogP contribution is 2.36. The average molecular weight is 300 g/mol. The molecule has 0 aromatic heterocycles. The van der Waals surface area contributed by atoms with Gasteiger partial charge in [-0.25, -0.2) is 13.1 Å². The molecule has 0 spiro atoms. The van der Waals surface area contributed by atoms with E-state index in [1.807, 2.05) is 0 Å². The Bertz CT molecular complexity index is 547. The van der Waals surface area contributed by atoms with Crippen molar-refractivity contribution in [3.05, 3.63) is 18.2 Å². The third kappa shape index (κ3) is 3.05. The number of hydrogen-bond acceptors (Lipinski definition) is 5. The van der Waals surface area contributed by atoms with Crippen LogP contribution in [0.25, 0.3) is 0 Å². The van der Waals surface area contributed by atoms with Gasteiger partial charge in [0.25, 0.3) is 0 Å². The Morgan fingerprint density at radius 2 is 1.85 bits per heavy atom. The lowest BCUT2D eigenvalue weighted by Gasteiger charge is -2.19. The lowest BCUT2D eigenvalue weighted by molar-refractivity contribution is 0.372. The van der Waals surface area contributed by atoms with E-state index in [1.54, 1.807) is 18.2 Å². The van der Waals surface area contributed by atoms with E-state index < -0.39 is 10.0 Å². The van der Waals surface area contributed by atoms with Crippen LogP contribution in [0.3, 0.4) is 0 Å². The molecule has 20 heavy (non-hydrogen) atoms. The number of sulfonamides is 1. The van der Waals surface area contributed by atoms with Crippen molar-refractivity contribution in [3.8, 4) is 11.5 Å². The summed E-state index contributed by atoms with van der Waals surface area (Å²) < 4.78 is 38.1. The van der Waals surface area contributed by atoms with E-state index in [0.717, 1.165) is 12.8 Å². The minimum atomic E-state index is -3.74. The topological polar surface area (TPSA) is 90.6 Å². The van der Waals surface area contributed by atoms with E-state index in [2.05, 4.69) is 4.72 Å². The summed E-state index contributed by atoms with van der Waals surface area (Å²) >= 11 is 0. The monoisotopic (exact) mass is 300 g/mol. The van der Waals surface area contributed by atoms with Crippen LogP contribution in [0.1, 0.15) is 12.8 Å². The van der Waals surface area contributed by atoms with Crippen LogP contribution in [0, 0.1) is 5.92 Å². The Labute approximate surface area is 119 Å². The standard InChI is InChI=1S/C13H20N2O4S/c1-18-11-4-3-5-12(19-2)13(11)20(16,17)15-10(8-14)9-6-7-9/h3-5,9-10,15H,6-8,14H2,1-2H3. The minimum Gasteiger partial charge on any atom is -0.495 e. The molecule has 0 bridgehead atoms. The Kier molecular flexibility index (Phi) is 4.52. The highest BCUT2D eigenvalue weighted by Gasteiger charge is 2.35. The number of nitrogens with one attached hydrogen (secondary N) is 1. The molecule has 1 aliphatic carbocycles. The molecular formula is C13H20N2O4S. The van der Waals surface area contributed by atoms with Crippen molar-refractivity contribution in [1.29, 1.82) is 0 Å². The summed E-state index contributed by atoms with van der Waals surface area (Å²) in [6.45, 7) is 0.279. The summed E-state index contributed by atoms with van der Waals surface area (Å²) in [6, 6.07) is 4.62. The first-order valence-electron chi connectivity index (χ1n) is 6.47. The Hall–Kier alpha value is -1.31. The number of methoxy groups -OCH3 is 2. The predicted molar refractivity (Wildman–Crippen MR) is 75.4 cm³/mol. The first-order chi connectivity index (χ1) is 9.53. The van der Waals surface area contributed by atoms with Crippen molar-refractivity contribution in [2.45, 2.75) is 23.8 Å². The molecule has 0 heterocycles. The van der Waals surface area contributed by atoms with Gasteiger partial charge < -0.3 is 15.2 Å². The molecule has 1 aromatic rings. The largest absolute Gasteiger partial charge is 0.495 e. The van der Waals surface area contributed by atoms with Gasteiger partial charge in [-0.2, -0.15) is 0 Å². The molecule has 1 fully saturated rings. The molecule has 0 amide bonds. The fourth-order valence-corrected chi connectivity index (χ4v) is 3.81. The molecule has 1 aliphatic rings. The summed E-state index contributed by atoms with van der Waals surface area (Å²) in [5, 5.41) is 0. The maximum Gasteiger partial charge on any atom is 0.248 e. The van der Waals surface area contributed by atoms with E-state index in [9.17, 15) is 8.42 Å². The minimum absolute atomic E-state index is 0.0177. The number of rotatable bonds is 7. The van der Waals surface area contributed by atoms with E-state index in [1.165, 1.54) is 14.2 Å². The van der Waals surface area contributed by atoms with Crippen LogP contribution in [-0.4, -0.2) is 35.2 Å². The molecule has 7 heteroatoms. The highest BCUT2D eigenvalue weighted by atomic mass is 32.2. The van der Waals surface area contributed by atoms with Crippen molar-refractivity contribution in [2.24, 2.45) is 11.7 Å². The second-order valence-corrected chi connectivity index (χ2v) is 6.44. The molecule has 112 valence electrons. The number of ether oxygens (including phenoxy) is 2. The second kappa shape index (κ2) is 5.99. The van der Waals surface area contributed by atoms with E-state index in [0.29, 0.717) is 5.92 Å². The van der Waals surface area contributed by atoms with Crippen molar-refractivity contribution in [2.75, 3.05) is 20.8 Å². The number of hydrogen-bond donors (Lipinski definition) is 2. The first kappa shape index (κ1) is 15.1. The number of benzene rings is 1. The van der Waals surface area contributed by atoms with E-state index in [4.69, 9.17) is 15.2 Å². The van der Waals surface area contributed by atoms with Crippen molar-refractivity contribution >= 4 is 10.0 Å². The molecule has 1 atom stereocenters. The van der Waals surface area contributed by atoms with Crippen LogP contribution >= 0.6 is 0 Å². The van der Waals surface area contributed by atoms with Crippen LogP contribution in [0.15, 0.2) is 23.1 Å². The Balaban J connectivity index is 2.37. The highest BCUT2D eigenvalue weighted by molar-refractivity contribution is 7.89. The molecule has 3 N–H and O–H groups in total. The summed E-state index contributed by atoms with van der Waals surface area (Å²) in [4.78, 5) is 0.0177. The fraction of sp³-hybridized carbons (Fsp3) is 0.538. The average Bonchev–Trinajstić information content (AvgIpc) is 3.28. The lowest BCUT2D eigenvalue weighted by atomic mass is 10.2. The van der Waals surface area contributed by atoms with Crippen LogP contribution in [0.2, 0.25) is 0 Å². The van der Waals surface area contributed by atoms with E-state index in [-0.39, 0.29) is 29.0 Å². The smallest absolute Gasteiger partial charge is 0.248 e. The molecule has 6 nitrogen and oxygen atoms in total. The summed E-state index contributed by atoms with van der Waals surface area (Å²) in [5.74, 6) is 0.835. The van der Waals surface area contributed by atoms with Gasteiger partial charge in [0.2, 0.25) is 10.0 Å². The quantitative estimate of drug-likeness (QED) is 0.774. The molecule has 1 saturated carbocycles. The van der Waals surface area contributed by atoms with Gasteiger partial charge in [-0.1, -0.05) is 6.07 Å². The van der Waals surface area contributed by atoms with Gasteiger partial charge in [0.15, 0.2) is 4.90 Å². The van der Waals surface area contributed by atoms with Crippen LogP contribution in [0.5, 0.6) is 11.5 Å². The zero-order valence-corrected chi connectivity index (χ0v) is 12.4. The zero-order chi connectivity index (χ0) is 14.8. The van der Waals surface area contributed by atoms with Crippen LogP contribution in [0.4, 0.5) is 0 Å². The van der Waals surface area contributed by atoms with Gasteiger partial charge in [-0.3, -0.25) is 0 Å². The first-order valence-corrected chi connectivity index (χ1v) is 7.95. The van der Waals surface area contributed by atoms with Gasteiger partial charge >= 0.3 is 0 Å². The maximum atomic E-state index is 12.6. The van der Waals surface area contributed by atoms with Crippen molar-refractivity contribution in [1.82, 2.24) is 4.72 Å². The van der Waals surface area contributed by atoms with Crippen LogP contribution < -0.4 is 19.9 Å². The van der Waals surface area contributed by atoms with Gasteiger partial charge in [0.1, 0.15) is 11.5 Å². The maximum absolute atomic E-state index is 12.6. The number of nitrogens with two attached hydrogens (primary N) is 1. The van der Waals surface area contributed by atoms with Crippen molar-refractivity contribution in [3.63, 3.8) is 0 Å².